The number of carbonyl (C=O) groups is 2. The molecule has 1 N–H and O–H groups in total. The van der Waals surface area contributed by atoms with Crippen molar-refractivity contribution in [3.8, 4) is 0 Å². The molecule has 1 saturated carbocycles. The number of hydrogen-bond acceptors (Lipinski definition) is 5. The Morgan fingerprint density at radius 2 is 1.69 bits per heavy atom. The number of methoxy groups -OCH3 is 1. The van der Waals surface area contributed by atoms with Crippen LogP contribution in [-0.4, -0.2) is 51.8 Å². The van der Waals surface area contributed by atoms with Crippen LogP contribution in [0.5, 0.6) is 0 Å². The Balaban J connectivity index is 1.46. The van der Waals surface area contributed by atoms with Crippen LogP contribution in [0.3, 0.4) is 0 Å². The number of nitrogens with one attached hydrogen (secondary N) is 1. The van der Waals surface area contributed by atoms with Gasteiger partial charge in [-0.05, 0) is 60.4 Å². The van der Waals surface area contributed by atoms with Gasteiger partial charge in [-0.1, -0.05) is 18.2 Å². The van der Waals surface area contributed by atoms with Crippen LogP contribution in [-0.2, 0) is 20.8 Å². The topological polar surface area (TPSA) is 92.8 Å². The van der Waals surface area contributed by atoms with E-state index in [1.54, 1.807) is 11.0 Å². The molecule has 2 aromatic carbocycles. The minimum absolute atomic E-state index is 0.0692. The average molecular weight is 511 g/mol. The number of nitrogens with zero attached hydrogens (tertiary/aromatic N) is 1. The predicted molar refractivity (Wildman–Crippen MR) is 122 cm³/mol. The number of esters is 1. The summed E-state index contributed by atoms with van der Waals surface area (Å²) in [5, 5.41) is 2.65. The van der Waals surface area contributed by atoms with Gasteiger partial charge in [0, 0.05) is 19.3 Å². The van der Waals surface area contributed by atoms with Crippen LogP contribution in [0.25, 0.3) is 0 Å². The third kappa shape index (κ3) is 5.14. The van der Waals surface area contributed by atoms with E-state index in [1.807, 2.05) is 0 Å². The number of carbonyl (C=O) groups excluding carboxylic acids is 2. The summed E-state index contributed by atoms with van der Waals surface area (Å²) < 4.78 is 68.7. The number of urea groups is 1. The first-order valence-corrected chi connectivity index (χ1v) is 12.9. The summed E-state index contributed by atoms with van der Waals surface area (Å²) in [6, 6.07) is 8.96. The third-order valence-corrected chi connectivity index (χ3v) is 7.92. The second kappa shape index (κ2) is 9.18. The SMILES string of the molecule is COC(=O)c1cc(S(C)(=O)=O)ccc1NC(=O)N1C[C@H]2C[C@@H](c3ccccc3C(F)(F)F)C[C@H]2C1. The standard InChI is InChI=1S/C24H25F3N2O5S/c1-34-22(30)19-11-17(35(2,32)33)7-8-21(19)28-23(31)29-12-15-9-14(10-16(15)13-29)18-5-3-4-6-20(18)24(25,26)27/h3-8,11,14-16H,9-10,12-13H2,1-2H3,(H,28,31)/t14-,15-,16+. The Bertz CT molecular complexity index is 1250. The molecule has 1 aliphatic heterocycles. The molecule has 4 rings (SSSR count). The van der Waals surface area contributed by atoms with Crippen molar-refractivity contribution in [1.82, 2.24) is 4.90 Å². The van der Waals surface area contributed by atoms with Crippen molar-refractivity contribution in [2.24, 2.45) is 11.8 Å². The van der Waals surface area contributed by atoms with Crippen LogP contribution < -0.4 is 5.32 Å². The normalized spacial score (nSPS) is 22.1. The molecule has 0 radical (unpaired) electrons. The van der Waals surface area contributed by atoms with Crippen molar-refractivity contribution >= 4 is 27.5 Å². The lowest BCUT2D eigenvalue weighted by Gasteiger charge is -2.22. The quantitative estimate of drug-likeness (QED) is 0.609. The maximum Gasteiger partial charge on any atom is 0.416 e. The van der Waals surface area contributed by atoms with Crippen LogP contribution in [0.4, 0.5) is 23.7 Å². The first-order valence-electron chi connectivity index (χ1n) is 11.0. The molecular formula is C24H25F3N2O5S. The van der Waals surface area contributed by atoms with Crippen LogP contribution >= 0.6 is 0 Å². The van der Waals surface area contributed by atoms with Crippen LogP contribution in [0.2, 0.25) is 0 Å². The molecule has 2 aromatic rings. The summed E-state index contributed by atoms with van der Waals surface area (Å²) in [5.74, 6) is -0.878. The van der Waals surface area contributed by atoms with Crippen LogP contribution in [0.1, 0.15) is 40.2 Å². The fraction of sp³-hybridized carbons (Fsp3) is 0.417. The summed E-state index contributed by atoms with van der Waals surface area (Å²) in [6.45, 7) is 0.770. The van der Waals surface area contributed by atoms with E-state index in [4.69, 9.17) is 4.74 Å². The molecule has 0 unspecified atom stereocenters. The number of amides is 2. The zero-order valence-corrected chi connectivity index (χ0v) is 19.9. The maximum absolute atomic E-state index is 13.4. The minimum atomic E-state index is -4.41. The Hall–Kier alpha value is -3.08. The lowest BCUT2D eigenvalue weighted by Crippen LogP contribution is -2.34. The summed E-state index contributed by atoms with van der Waals surface area (Å²) in [6.07, 6.45) is -2.30. The van der Waals surface area contributed by atoms with Gasteiger partial charge >= 0.3 is 18.2 Å². The monoisotopic (exact) mass is 510 g/mol. The molecule has 188 valence electrons. The van der Waals surface area contributed by atoms with Gasteiger partial charge in [0.05, 0.1) is 28.8 Å². The Labute approximate surface area is 201 Å². The van der Waals surface area contributed by atoms with E-state index in [2.05, 4.69) is 5.32 Å². The van der Waals surface area contributed by atoms with Crippen molar-refractivity contribution in [3.63, 3.8) is 0 Å². The zero-order valence-electron chi connectivity index (χ0n) is 19.1. The number of fused-ring (bicyclic) bond motifs is 1. The predicted octanol–water partition coefficient (Wildman–Crippen LogP) is 4.55. The van der Waals surface area contributed by atoms with Gasteiger partial charge in [-0.3, -0.25) is 0 Å². The Morgan fingerprint density at radius 1 is 1.06 bits per heavy atom. The molecule has 0 aromatic heterocycles. The average Bonchev–Trinajstić information content (AvgIpc) is 3.37. The first kappa shape index (κ1) is 25.0. The smallest absolute Gasteiger partial charge is 0.416 e. The molecule has 1 heterocycles. The Kier molecular flexibility index (Phi) is 6.56. The van der Waals surface area contributed by atoms with Crippen molar-refractivity contribution in [2.45, 2.75) is 29.8 Å². The largest absolute Gasteiger partial charge is 0.465 e. The van der Waals surface area contributed by atoms with Gasteiger partial charge in [-0.15, -0.1) is 0 Å². The number of benzene rings is 2. The molecule has 0 spiro atoms. The second-order valence-electron chi connectivity index (χ2n) is 9.08. The van der Waals surface area contributed by atoms with Crippen molar-refractivity contribution in [2.75, 3.05) is 31.8 Å². The van der Waals surface area contributed by atoms with Gasteiger partial charge in [-0.2, -0.15) is 13.2 Å². The molecule has 2 aliphatic rings. The van der Waals surface area contributed by atoms with Crippen molar-refractivity contribution < 1.29 is 35.9 Å². The van der Waals surface area contributed by atoms with Gasteiger partial charge in [0.1, 0.15) is 0 Å². The molecular weight excluding hydrogens is 485 g/mol. The van der Waals surface area contributed by atoms with Gasteiger partial charge < -0.3 is 15.0 Å². The number of likely N-dealkylation sites (tertiary alicyclic amines) is 1. The second-order valence-corrected chi connectivity index (χ2v) is 11.1. The van der Waals surface area contributed by atoms with E-state index >= 15 is 0 Å². The molecule has 11 heteroatoms. The number of alkyl halides is 3. The fourth-order valence-electron chi connectivity index (χ4n) is 5.17. The summed E-state index contributed by atoms with van der Waals surface area (Å²) in [7, 11) is -2.43. The van der Waals surface area contributed by atoms with Crippen molar-refractivity contribution in [3.05, 3.63) is 59.2 Å². The van der Waals surface area contributed by atoms with E-state index in [0.717, 1.165) is 25.5 Å². The van der Waals surface area contributed by atoms with Crippen molar-refractivity contribution in [1.29, 1.82) is 0 Å². The molecule has 35 heavy (non-hydrogen) atoms. The molecule has 7 nitrogen and oxygen atoms in total. The molecule has 1 saturated heterocycles. The Morgan fingerprint density at radius 3 is 2.26 bits per heavy atom. The molecule has 3 atom stereocenters. The molecule has 1 aliphatic carbocycles. The summed E-state index contributed by atoms with van der Waals surface area (Å²) in [5.41, 5.74) is -0.276. The maximum atomic E-state index is 13.4. The number of sulfone groups is 1. The summed E-state index contributed by atoms with van der Waals surface area (Å²) in [4.78, 5) is 26.6. The highest BCUT2D eigenvalue weighted by molar-refractivity contribution is 7.90. The number of rotatable bonds is 4. The highest BCUT2D eigenvalue weighted by Crippen LogP contribution is 2.48. The van der Waals surface area contributed by atoms with Gasteiger partial charge in [0.25, 0.3) is 0 Å². The van der Waals surface area contributed by atoms with Crippen LogP contribution in [0, 0.1) is 11.8 Å². The minimum Gasteiger partial charge on any atom is -0.465 e. The van der Waals surface area contributed by atoms with Crippen LogP contribution in [0.15, 0.2) is 47.4 Å². The highest BCUT2D eigenvalue weighted by atomic mass is 32.2. The van der Waals surface area contributed by atoms with Gasteiger partial charge in [-0.25, -0.2) is 18.0 Å². The number of anilines is 1. The number of hydrogen-bond donors (Lipinski definition) is 1. The lowest BCUT2D eigenvalue weighted by molar-refractivity contribution is -0.138. The lowest BCUT2D eigenvalue weighted by atomic mass is 9.91. The highest BCUT2D eigenvalue weighted by Gasteiger charge is 2.45. The fourth-order valence-corrected chi connectivity index (χ4v) is 5.81. The van der Waals surface area contributed by atoms with E-state index in [-0.39, 0.29) is 33.9 Å². The van der Waals surface area contributed by atoms with Gasteiger partial charge in [0.2, 0.25) is 0 Å². The third-order valence-electron chi connectivity index (χ3n) is 6.81. The zero-order chi connectivity index (χ0) is 25.5. The molecule has 0 bridgehead atoms. The van der Waals surface area contributed by atoms with E-state index in [0.29, 0.717) is 31.5 Å². The van der Waals surface area contributed by atoms with E-state index in [1.165, 1.54) is 24.3 Å². The van der Waals surface area contributed by atoms with E-state index in [9.17, 15) is 31.2 Å². The molecule has 2 fully saturated rings. The number of halogens is 3. The van der Waals surface area contributed by atoms with Gasteiger partial charge in [0.15, 0.2) is 9.84 Å². The first-order chi connectivity index (χ1) is 16.4. The van der Waals surface area contributed by atoms with E-state index < -0.39 is 33.6 Å². The molecule has 2 amide bonds. The summed E-state index contributed by atoms with van der Waals surface area (Å²) >= 11 is 0. The number of ether oxygens (including phenoxy) is 1.